The summed E-state index contributed by atoms with van der Waals surface area (Å²) in [6.07, 6.45) is 9.96. The molecule has 0 aromatic heterocycles. The highest BCUT2D eigenvalue weighted by Gasteiger charge is 2.11. The molecule has 1 aliphatic rings. The first kappa shape index (κ1) is 9.34. The molecule has 0 aliphatic heterocycles. The maximum Gasteiger partial charge on any atom is 0.162 e. The van der Waals surface area contributed by atoms with Crippen molar-refractivity contribution in [1.82, 2.24) is 0 Å². The van der Waals surface area contributed by atoms with E-state index >= 15 is 0 Å². The summed E-state index contributed by atoms with van der Waals surface area (Å²) < 4.78 is 0. The van der Waals surface area contributed by atoms with Gasteiger partial charge in [0.25, 0.3) is 0 Å². The fraction of sp³-hybridized carbons (Fsp3) is 0.778. The monoisotopic (exact) mass is 187 g/mol. The van der Waals surface area contributed by atoms with Crippen LogP contribution in [0.25, 0.3) is 0 Å². The van der Waals surface area contributed by atoms with E-state index in [1.165, 1.54) is 31.7 Å². The molecule has 0 heterocycles. The highest BCUT2D eigenvalue weighted by atomic mass is 35.6. The standard InChI is InChI=1S/C9H16ClSi/c1-11(10)8-7-9-5-3-2-4-6-9/h2-3,9H,4-8H2,1H3. The molecule has 0 spiro atoms. The predicted octanol–water partition coefficient (Wildman–Crippen LogP) is 3.59. The van der Waals surface area contributed by atoms with Crippen molar-refractivity contribution in [3.05, 3.63) is 12.2 Å². The van der Waals surface area contributed by atoms with E-state index in [1.807, 2.05) is 0 Å². The molecular weight excluding hydrogens is 172 g/mol. The largest absolute Gasteiger partial charge is 0.169 e. The normalized spacial score (nSPS) is 24.5. The molecule has 0 nitrogen and oxygen atoms in total. The van der Waals surface area contributed by atoms with Crippen LogP contribution >= 0.6 is 11.1 Å². The van der Waals surface area contributed by atoms with Gasteiger partial charge in [-0.05, 0) is 31.2 Å². The van der Waals surface area contributed by atoms with Gasteiger partial charge in [0.1, 0.15) is 0 Å². The Balaban J connectivity index is 2.11. The SMILES string of the molecule is C[Si](Cl)CCC1CC=CCC1. The molecule has 63 valence electrons. The van der Waals surface area contributed by atoms with Crippen LogP contribution in [-0.2, 0) is 0 Å². The molecule has 0 saturated carbocycles. The lowest BCUT2D eigenvalue weighted by molar-refractivity contribution is 0.464. The summed E-state index contributed by atoms with van der Waals surface area (Å²) in [4.78, 5) is 0. The van der Waals surface area contributed by atoms with Crippen molar-refractivity contribution in [3.8, 4) is 0 Å². The molecule has 0 fully saturated rings. The Morgan fingerprint density at radius 3 is 2.91 bits per heavy atom. The van der Waals surface area contributed by atoms with E-state index in [-0.39, 0.29) is 0 Å². The third kappa shape index (κ3) is 3.97. The third-order valence-electron chi connectivity index (χ3n) is 2.27. The molecule has 11 heavy (non-hydrogen) atoms. The zero-order valence-corrected chi connectivity index (χ0v) is 8.90. The van der Waals surface area contributed by atoms with Crippen LogP contribution in [0.2, 0.25) is 12.6 Å². The van der Waals surface area contributed by atoms with Crippen molar-refractivity contribution >= 4 is 19.2 Å². The average molecular weight is 188 g/mol. The molecule has 0 N–H and O–H groups in total. The summed E-state index contributed by atoms with van der Waals surface area (Å²) in [5.74, 6) is 0.943. The molecule has 0 amide bonds. The fourth-order valence-corrected chi connectivity index (χ4v) is 2.65. The summed E-state index contributed by atoms with van der Waals surface area (Å²) in [7, 11) is -0.485. The Kier molecular flexibility index (Phi) is 4.24. The van der Waals surface area contributed by atoms with E-state index in [0.717, 1.165) is 5.92 Å². The minimum absolute atomic E-state index is 0.485. The minimum Gasteiger partial charge on any atom is -0.169 e. The first-order valence-electron chi connectivity index (χ1n) is 4.42. The van der Waals surface area contributed by atoms with Gasteiger partial charge >= 0.3 is 0 Å². The highest BCUT2D eigenvalue weighted by Crippen LogP contribution is 2.23. The second-order valence-electron chi connectivity index (χ2n) is 3.37. The van der Waals surface area contributed by atoms with Gasteiger partial charge in [-0.3, -0.25) is 0 Å². The van der Waals surface area contributed by atoms with Crippen molar-refractivity contribution in [2.75, 3.05) is 0 Å². The van der Waals surface area contributed by atoms with Crippen LogP contribution in [0.1, 0.15) is 25.7 Å². The summed E-state index contributed by atoms with van der Waals surface area (Å²) in [6, 6.07) is 1.28. The molecule has 0 saturated heterocycles. The van der Waals surface area contributed by atoms with Gasteiger partial charge in [0.15, 0.2) is 8.11 Å². The fourth-order valence-electron chi connectivity index (χ4n) is 1.52. The molecule has 1 rings (SSSR count). The summed E-state index contributed by atoms with van der Waals surface area (Å²) in [5.41, 5.74) is 0. The Labute approximate surface area is 75.9 Å². The van der Waals surface area contributed by atoms with Gasteiger partial charge in [0.05, 0.1) is 0 Å². The topological polar surface area (TPSA) is 0 Å². The third-order valence-corrected chi connectivity index (χ3v) is 3.82. The van der Waals surface area contributed by atoms with E-state index in [1.54, 1.807) is 0 Å². The number of hydrogen-bond donors (Lipinski definition) is 0. The summed E-state index contributed by atoms with van der Waals surface area (Å²) in [6.45, 7) is 2.19. The Morgan fingerprint density at radius 2 is 2.36 bits per heavy atom. The average Bonchev–Trinajstić information content (AvgIpc) is 2.03. The van der Waals surface area contributed by atoms with Crippen LogP contribution < -0.4 is 0 Å². The number of hydrogen-bond acceptors (Lipinski definition) is 0. The van der Waals surface area contributed by atoms with Gasteiger partial charge in [0.2, 0.25) is 0 Å². The molecule has 1 atom stereocenters. The second kappa shape index (κ2) is 4.99. The van der Waals surface area contributed by atoms with E-state index in [9.17, 15) is 0 Å². The van der Waals surface area contributed by atoms with E-state index in [4.69, 9.17) is 11.1 Å². The Hall–Kier alpha value is 0.247. The Bertz CT molecular complexity index is 132. The van der Waals surface area contributed by atoms with Gasteiger partial charge in [-0.15, -0.1) is 0 Å². The number of halogens is 1. The smallest absolute Gasteiger partial charge is 0.162 e. The molecule has 1 radical (unpaired) electrons. The number of allylic oxidation sites excluding steroid dienone is 2. The lowest BCUT2D eigenvalue weighted by Gasteiger charge is -2.17. The van der Waals surface area contributed by atoms with E-state index in [0.29, 0.717) is 0 Å². The zero-order valence-electron chi connectivity index (χ0n) is 7.15. The highest BCUT2D eigenvalue weighted by molar-refractivity contribution is 7.06. The molecule has 1 aliphatic carbocycles. The van der Waals surface area contributed by atoms with Gasteiger partial charge in [-0.2, -0.15) is 11.1 Å². The molecule has 0 aromatic carbocycles. The lowest BCUT2D eigenvalue weighted by atomic mass is 9.92. The van der Waals surface area contributed by atoms with Crippen molar-refractivity contribution in [3.63, 3.8) is 0 Å². The van der Waals surface area contributed by atoms with Crippen LogP contribution in [0.5, 0.6) is 0 Å². The molecule has 2 heteroatoms. The van der Waals surface area contributed by atoms with Crippen LogP contribution in [0.15, 0.2) is 12.2 Å². The van der Waals surface area contributed by atoms with Crippen molar-refractivity contribution in [2.45, 2.75) is 38.3 Å². The molecule has 0 aromatic rings. The van der Waals surface area contributed by atoms with Crippen LogP contribution in [0, 0.1) is 5.92 Å². The summed E-state index contributed by atoms with van der Waals surface area (Å²) >= 11 is 5.98. The number of rotatable bonds is 3. The van der Waals surface area contributed by atoms with Crippen LogP contribution in [0.4, 0.5) is 0 Å². The second-order valence-corrected chi connectivity index (χ2v) is 7.15. The lowest BCUT2D eigenvalue weighted by Crippen LogP contribution is -2.05. The summed E-state index contributed by atoms with van der Waals surface area (Å²) in [5, 5.41) is 0. The zero-order chi connectivity index (χ0) is 8.10. The van der Waals surface area contributed by atoms with Crippen LogP contribution in [0.3, 0.4) is 0 Å². The first-order chi connectivity index (χ1) is 5.29. The van der Waals surface area contributed by atoms with Crippen molar-refractivity contribution in [1.29, 1.82) is 0 Å². The Morgan fingerprint density at radius 1 is 1.55 bits per heavy atom. The predicted molar refractivity (Wildman–Crippen MR) is 53.4 cm³/mol. The quantitative estimate of drug-likeness (QED) is 0.360. The maximum absolute atomic E-state index is 5.98. The van der Waals surface area contributed by atoms with Crippen molar-refractivity contribution < 1.29 is 0 Å². The molecule has 0 bridgehead atoms. The maximum atomic E-state index is 5.98. The first-order valence-corrected chi connectivity index (χ1v) is 7.64. The van der Waals surface area contributed by atoms with Gasteiger partial charge in [-0.1, -0.05) is 25.1 Å². The van der Waals surface area contributed by atoms with Gasteiger partial charge in [0, 0.05) is 0 Å². The van der Waals surface area contributed by atoms with Crippen molar-refractivity contribution in [2.24, 2.45) is 5.92 Å². The van der Waals surface area contributed by atoms with Gasteiger partial charge < -0.3 is 0 Å². The van der Waals surface area contributed by atoms with Gasteiger partial charge in [-0.25, -0.2) is 0 Å². The molecule has 1 unspecified atom stereocenters. The molecular formula is C9H16ClSi. The minimum atomic E-state index is -0.485. The van der Waals surface area contributed by atoms with E-state index in [2.05, 4.69) is 18.7 Å². The van der Waals surface area contributed by atoms with E-state index < -0.39 is 8.11 Å². The van der Waals surface area contributed by atoms with Crippen LogP contribution in [-0.4, -0.2) is 8.11 Å².